The lowest BCUT2D eigenvalue weighted by atomic mass is 10.2. The smallest absolute Gasteiger partial charge is 0.107 e. The SMILES string of the molecule is NCc1ccc(N(CCF)C2CC2)cc1. The predicted octanol–water partition coefficient (Wildman–Crippen LogP) is 2.08. The predicted molar refractivity (Wildman–Crippen MR) is 60.7 cm³/mol. The molecule has 0 aliphatic heterocycles. The van der Waals surface area contributed by atoms with E-state index < -0.39 is 0 Å². The average molecular weight is 208 g/mol. The number of nitrogens with two attached hydrogens (primary N) is 1. The molecule has 15 heavy (non-hydrogen) atoms. The maximum absolute atomic E-state index is 12.4. The Morgan fingerprint density at radius 2 is 1.93 bits per heavy atom. The molecular formula is C12H17FN2. The zero-order valence-electron chi connectivity index (χ0n) is 8.82. The van der Waals surface area contributed by atoms with Gasteiger partial charge >= 0.3 is 0 Å². The van der Waals surface area contributed by atoms with Gasteiger partial charge in [0.15, 0.2) is 0 Å². The lowest BCUT2D eigenvalue weighted by molar-refractivity contribution is 0.489. The van der Waals surface area contributed by atoms with Crippen LogP contribution in [0.1, 0.15) is 18.4 Å². The van der Waals surface area contributed by atoms with Crippen LogP contribution in [0, 0.1) is 0 Å². The van der Waals surface area contributed by atoms with Crippen LogP contribution in [0.3, 0.4) is 0 Å². The summed E-state index contributed by atoms with van der Waals surface area (Å²) in [6.45, 7) is 0.786. The summed E-state index contributed by atoms with van der Waals surface area (Å²) in [7, 11) is 0. The van der Waals surface area contributed by atoms with E-state index in [0.717, 1.165) is 11.3 Å². The molecule has 0 saturated heterocycles. The van der Waals surface area contributed by atoms with Gasteiger partial charge in [-0.05, 0) is 30.5 Å². The second kappa shape index (κ2) is 4.62. The normalized spacial score (nSPS) is 15.3. The minimum atomic E-state index is -0.283. The monoisotopic (exact) mass is 208 g/mol. The minimum Gasteiger partial charge on any atom is -0.366 e. The van der Waals surface area contributed by atoms with E-state index >= 15 is 0 Å². The number of benzene rings is 1. The van der Waals surface area contributed by atoms with Crippen molar-refractivity contribution >= 4 is 5.69 Å². The van der Waals surface area contributed by atoms with Crippen molar-refractivity contribution in [2.24, 2.45) is 5.73 Å². The minimum absolute atomic E-state index is 0.283. The van der Waals surface area contributed by atoms with Gasteiger partial charge in [0.25, 0.3) is 0 Å². The Bertz CT molecular complexity index is 306. The molecule has 0 radical (unpaired) electrons. The third kappa shape index (κ3) is 2.48. The topological polar surface area (TPSA) is 29.3 Å². The average Bonchev–Trinajstić information content (AvgIpc) is 3.10. The van der Waals surface area contributed by atoms with Gasteiger partial charge in [0, 0.05) is 24.8 Å². The van der Waals surface area contributed by atoms with Crippen molar-refractivity contribution < 1.29 is 4.39 Å². The Morgan fingerprint density at radius 1 is 1.27 bits per heavy atom. The fraction of sp³-hybridized carbons (Fsp3) is 0.500. The number of halogens is 1. The number of hydrogen-bond acceptors (Lipinski definition) is 2. The highest BCUT2D eigenvalue weighted by molar-refractivity contribution is 5.49. The second-order valence-corrected chi connectivity index (χ2v) is 3.98. The van der Waals surface area contributed by atoms with Crippen LogP contribution in [0.15, 0.2) is 24.3 Å². The number of hydrogen-bond donors (Lipinski definition) is 1. The summed E-state index contributed by atoms with van der Waals surface area (Å²) in [5.41, 5.74) is 7.77. The molecule has 0 bridgehead atoms. The molecule has 0 amide bonds. The molecular weight excluding hydrogens is 191 g/mol. The van der Waals surface area contributed by atoms with Crippen LogP contribution in [0.25, 0.3) is 0 Å². The second-order valence-electron chi connectivity index (χ2n) is 3.98. The van der Waals surface area contributed by atoms with Crippen LogP contribution in [0.5, 0.6) is 0 Å². The molecule has 82 valence electrons. The van der Waals surface area contributed by atoms with E-state index in [1.807, 2.05) is 24.3 Å². The van der Waals surface area contributed by atoms with Crippen molar-refractivity contribution in [2.75, 3.05) is 18.1 Å². The number of rotatable bonds is 5. The molecule has 1 saturated carbocycles. The number of nitrogens with zero attached hydrogens (tertiary/aromatic N) is 1. The highest BCUT2D eigenvalue weighted by atomic mass is 19.1. The van der Waals surface area contributed by atoms with Crippen molar-refractivity contribution in [2.45, 2.75) is 25.4 Å². The summed E-state index contributed by atoms with van der Waals surface area (Å²) in [6, 6.07) is 8.67. The fourth-order valence-corrected chi connectivity index (χ4v) is 1.82. The van der Waals surface area contributed by atoms with Crippen molar-refractivity contribution in [1.82, 2.24) is 0 Å². The van der Waals surface area contributed by atoms with Crippen LogP contribution < -0.4 is 10.6 Å². The quantitative estimate of drug-likeness (QED) is 0.802. The maximum atomic E-state index is 12.4. The van der Waals surface area contributed by atoms with E-state index in [1.54, 1.807) is 0 Å². The third-order valence-electron chi connectivity index (χ3n) is 2.82. The van der Waals surface area contributed by atoms with E-state index in [9.17, 15) is 4.39 Å². The number of anilines is 1. The summed E-state index contributed by atoms with van der Waals surface area (Å²) >= 11 is 0. The molecule has 2 nitrogen and oxygen atoms in total. The van der Waals surface area contributed by atoms with Crippen LogP contribution in [-0.2, 0) is 6.54 Å². The van der Waals surface area contributed by atoms with Crippen molar-refractivity contribution in [3.05, 3.63) is 29.8 Å². The molecule has 0 unspecified atom stereocenters. The first kappa shape index (κ1) is 10.4. The van der Waals surface area contributed by atoms with Gasteiger partial charge < -0.3 is 10.6 Å². The fourth-order valence-electron chi connectivity index (χ4n) is 1.82. The van der Waals surface area contributed by atoms with Gasteiger partial charge in [-0.15, -0.1) is 0 Å². The van der Waals surface area contributed by atoms with Crippen molar-refractivity contribution in [3.63, 3.8) is 0 Å². The molecule has 1 fully saturated rings. The van der Waals surface area contributed by atoms with Crippen molar-refractivity contribution in [3.8, 4) is 0 Å². The Kier molecular flexibility index (Phi) is 3.21. The lowest BCUT2D eigenvalue weighted by Crippen LogP contribution is -2.27. The molecule has 0 heterocycles. The van der Waals surface area contributed by atoms with Gasteiger partial charge in [-0.3, -0.25) is 0 Å². The summed E-state index contributed by atoms with van der Waals surface area (Å²) < 4.78 is 12.4. The van der Waals surface area contributed by atoms with Gasteiger partial charge in [-0.2, -0.15) is 0 Å². The van der Waals surface area contributed by atoms with E-state index in [1.165, 1.54) is 12.8 Å². The highest BCUT2D eigenvalue weighted by Crippen LogP contribution is 2.31. The van der Waals surface area contributed by atoms with Gasteiger partial charge in [0.2, 0.25) is 0 Å². The van der Waals surface area contributed by atoms with Gasteiger partial charge in [0.05, 0.1) is 0 Å². The van der Waals surface area contributed by atoms with Crippen LogP contribution in [0.2, 0.25) is 0 Å². The van der Waals surface area contributed by atoms with E-state index in [0.29, 0.717) is 19.1 Å². The maximum Gasteiger partial charge on any atom is 0.107 e. The van der Waals surface area contributed by atoms with E-state index in [-0.39, 0.29) is 6.67 Å². The molecule has 3 heteroatoms. The molecule has 2 rings (SSSR count). The van der Waals surface area contributed by atoms with E-state index in [4.69, 9.17) is 5.73 Å². The molecule has 1 aliphatic rings. The molecule has 0 spiro atoms. The van der Waals surface area contributed by atoms with E-state index in [2.05, 4.69) is 4.90 Å². The lowest BCUT2D eigenvalue weighted by Gasteiger charge is -2.23. The first-order valence-electron chi connectivity index (χ1n) is 5.46. The first-order chi connectivity index (χ1) is 7.35. The summed E-state index contributed by atoms with van der Waals surface area (Å²) in [5.74, 6) is 0. The molecule has 1 aromatic carbocycles. The van der Waals surface area contributed by atoms with Crippen LogP contribution >= 0.6 is 0 Å². The number of alkyl halides is 1. The van der Waals surface area contributed by atoms with Crippen molar-refractivity contribution in [1.29, 1.82) is 0 Å². The molecule has 1 aliphatic carbocycles. The van der Waals surface area contributed by atoms with Gasteiger partial charge in [0.1, 0.15) is 6.67 Å². The van der Waals surface area contributed by atoms with Gasteiger partial charge in [-0.1, -0.05) is 12.1 Å². The largest absolute Gasteiger partial charge is 0.366 e. The first-order valence-corrected chi connectivity index (χ1v) is 5.46. The highest BCUT2D eigenvalue weighted by Gasteiger charge is 2.28. The standard InChI is InChI=1S/C12H17FN2/c13-7-8-15(12-5-6-12)11-3-1-10(9-14)2-4-11/h1-4,12H,5-9,14H2. The molecule has 0 atom stereocenters. The third-order valence-corrected chi connectivity index (χ3v) is 2.82. The van der Waals surface area contributed by atoms with Crippen LogP contribution in [0.4, 0.5) is 10.1 Å². The Morgan fingerprint density at radius 3 is 2.40 bits per heavy atom. The Labute approximate surface area is 89.9 Å². The van der Waals surface area contributed by atoms with Crippen LogP contribution in [-0.4, -0.2) is 19.3 Å². The molecule has 1 aromatic rings. The zero-order chi connectivity index (χ0) is 10.7. The Balaban J connectivity index is 2.10. The molecule has 2 N–H and O–H groups in total. The van der Waals surface area contributed by atoms with Gasteiger partial charge in [-0.25, -0.2) is 4.39 Å². The Hall–Kier alpha value is -1.09. The summed E-state index contributed by atoms with van der Waals surface area (Å²) in [4.78, 5) is 2.15. The summed E-state index contributed by atoms with van der Waals surface area (Å²) in [5, 5.41) is 0. The summed E-state index contributed by atoms with van der Waals surface area (Å²) in [6.07, 6.45) is 2.39. The zero-order valence-corrected chi connectivity index (χ0v) is 8.82. The molecule has 0 aromatic heterocycles.